The molecule has 2 atom stereocenters. The number of fused-ring (bicyclic) bond motifs is 6. The first-order valence-electron chi connectivity index (χ1n) is 9.53. The minimum absolute atomic E-state index is 0.132. The van der Waals surface area contributed by atoms with Crippen LogP contribution in [-0.4, -0.2) is 21.0 Å². The van der Waals surface area contributed by atoms with E-state index in [1.165, 1.54) is 0 Å². The molecule has 29 heavy (non-hydrogen) atoms. The highest BCUT2D eigenvalue weighted by atomic mass is 35.5. The average molecular weight is 431 g/mol. The van der Waals surface area contributed by atoms with E-state index in [9.17, 15) is 4.79 Å². The van der Waals surface area contributed by atoms with E-state index in [1.54, 1.807) is 25.1 Å². The molecule has 0 saturated heterocycles. The first-order chi connectivity index (χ1) is 13.6. The minimum Gasteiger partial charge on any atom is -0.360 e. The van der Waals surface area contributed by atoms with Crippen molar-refractivity contribution in [2.24, 2.45) is 5.41 Å². The van der Waals surface area contributed by atoms with Gasteiger partial charge in [-0.15, -0.1) is 0 Å². The number of aryl methyl sites for hydroxylation is 1. The van der Waals surface area contributed by atoms with Gasteiger partial charge in [-0.3, -0.25) is 4.79 Å². The lowest BCUT2D eigenvalue weighted by Gasteiger charge is -2.39. The number of amides is 1. The van der Waals surface area contributed by atoms with Crippen LogP contribution in [0.15, 0.2) is 22.7 Å². The average Bonchev–Trinajstić information content (AvgIpc) is 3.19. The smallest absolute Gasteiger partial charge is 0.238 e. The van der Waals surface area contributed by atoms with E-state index in [0.29, 0.717) is 39.1 Å². The summed E-state index contributed by atoms with van der Waals surface area (Å²) in [6.07, 6.45) is 1.54. The zero-order valence-electron chi connectivity index (χ0n) is 16.6. The predicted molar refractivity (Wildman–Crippen MR) is 111 cm³/mol. The van der Waals surface area contributed by atoms with Crippen molar-refractivity contribution in [2.45, 2.75) is 51.4 Å². The highest BCUT2D eigenvalue weighted by Gasteiger charge is 2.73. The van der Waals surface area contributed by atoms with Crippen LogP contribution in [0.5, 0.6) is 0 Å². The molecule has 2 bridgehead atoms. The molecule has 2 heterocycles. The van der Waals surface area contributed by atoms with Gasteiger partial charge in [-0.1, -0.05) is 49.1 Å². The summed E-state index contributed by atoms with van der Waals surface area (Å²) in [6, 6.07) is 5.15. The van der Waals surface area contributed by atoms with Crippen molar-refractivity contribution in [2.75, 3.05) is 5.32 Å². The Balaban J connectivity index is 1.73. The first-order valence-corrected chi connectivity index (χ1v) is 10.3. The summed E-state index contributed by atoms with van der Waals surface area (Å²) >= 11 is 12.4. The van der Waals surface area contributed by atoms with Gasteiger partial charge >= 0.3 is 0 Å². The zero-order chi connectivity index (χ0) is 20.8. The van der Waals surface area contributed by atoms with E-state index in [1.807, 2.05) is 0 Å². The minimum atomic E-state index is -0.822. The van der Waals surface area contributed by atoms with Gasteiger partial charge < -0.3 is 9.84 Å². The molecule has 0 radical (unpaired) electrons. The molecule has 2 aliphatic carbocycles. The molecule has 150 valence electrons. The fraction of sp³-hybridized carbons (Fsp3) is 0.429. The second kappa shape index (κ2) is 5.70. The van der Waals surface area contributed by atoms with Crippen molar-refractivity contribution in [3.63, 3.8) is 0 Å². The van der Waals surface area contributed by atoms with Gasteiger partial charge in [0.15, 0.2) is 5.82 Å². The topological polar surface area (TPSA) is 80.9 Å². The van der Waals surface area contributed by atoms with E-state index in [2.05, 4.69) is 31.2 Å². The van der Waals surface area contributed by atoms with Crippen LogP contribution in [0.25, 0.3) is 11.0 Å². The zero-order valence-corrected chi connectivity index (χ0v) is 18.1. The summed E-state index contributed by atoms with van der Waals surface area (Å²) in [6.45, 7) is 8.21. The van der Waals surface area contributed by atoms with Gasteiger partial charge in [-0.25, -0.2) is 9.97 Å². The van der Waals surface area contributed by atoms with E-state index in [0.717, 1.165) is 17.8 Å². The van der Waals surface area contributed by atoms with Crippen LogP contribution >= 0.6 is 23.2 Å². The van der Waals surface area contributed by atoms with Gasteiger partial charge in [0.05, 0.1) is 37.9 Å². The van der Waals surface area contributed by atoms with Gasteiger partial charge in [0.25, 0.3) is 0 Å². The van der Waals surface area contributed by atoms with Crippen molar-refractivity contribution < 1.29 is 9.32 Å². The molecule has 1 saturated carbocycles. The number of anilines is 1. The largest absolute Gasteiger partial charge is 0.360 e. The Morgan fingerprint density at radius 2 is 1.66 bits per heavy atom. The van der Waals surface area contributed by atoms with Gasteiger partial charge in [0, 0.05) is 11.5 Å². The van der Waals surface area contributed by atoms with Gasteiger partial charge in [0.1, 0.15) is 5.76 Å². The second-order valence-electron chi connectivity index (χ2n) is 8.82. The van der Waals surface area contributed by atoms with Crippen LogP contribution in [0.3, 0.4) is 0 Å². The molecule has 5 rings (SSSR count). The van der Waals surface area contributed by atoms with Gasteiger partial charge in [-0.2, -0.15) is 0 Å². The molecule has 0 unspecified atom stereocenters. The Bertz CT molecular complexity index is 1200. The maximum atomic E-state index is 13.7. The van der Waals surface area contributed by atoms with Crippen LogP contribution in [0.4, 0.5) is 5.82 Å². The summed E-state index contributed by atoms with van der Waals surface area (Å²) in [5.74, 6) is 0.910. The first kappa shape index (κ1) is 18.8. The number of halogens is 2. The molecular weight excluding hydrogens is 411 g/mol. The fourth-order valence-corrected chi connectivity index (χ4v) is 5.57. The number of hydrogen-bond donors (Lipinski definition) is 1. The Labute approximate surface area is 178 Å². The number of benzene rings is 1. The summed E-state index contributed by atoms with van der Waals surface area (Å²) in [4.78, 5) is 23.5. The third-order valence-electron chi connectivity index (χ3n) is 7.34. The quantitative estimate of drug-likeness (QED) is 0.603. The monoisotopic (exact) mass is 430 g/mol. The Morgan fingerprint density at radius 3 is 2.24 bits per heavy atom. The fourth-order valence-electron chi connectivity index (χ4n) is 5.25. The molecule has 8 heteroatoms. The summed E-state index contributed by atoms with van der Waals surface area (Å²) in [7, 11) is 0. The van der Waals surface area contributed by atoms with Crippen molar-refractivity contribution in [3.05, 3.63) is 45.4 Å². The molecule has 6 nitrogen and oxygen atoms in total. The number of rotatable bonds is 2. The van der Waals surface area contributed by atoms with Crippen LogP contribution in [0.1, 0.15) is 50.8 Å². The van der Waals surface area contributed by atoms with E-state index in [4.69, 9.17) is 37.7 Å². The number of carbonyl (C=O) groups is 1. The lowest BCUT2D eigenvalue weighted by Crippen LogP contribution is -2.48. The summed E-state index contributed by atoms with van der Waals surface area (Å²) in [5, 5.41) is 7.73. The van der Waals surface area contributed by atoms with Crippen molar-refractivity contribution in [3.8, 4) is 0 Å². The van der Waals surface area contributed by atoms with Crippen molar-refractivity contribution >= 4 is 46.0 Å². The highest BCUT2D eigenvalue weighted by molar-refractivity contribution is 6.42. The van der Waals surface area contributed by atoms with Gasteiger partial charge in [0.2, 0.25) is 5.91 Å². The molecule has 1 N–H and O–H groups in total. The molecule has 1 amide bonds. The van der Waals surface area contributed by atoms with E-state index in [-0.39, 0.29) is 11.3 Å². The number of nitrogens with one attached hydrogen (secondary N) is 1. The highest BCUT2D eigenvalue weighted by Crippen LogP contribution is 2.70. The van der Waals surface area contributed by atoms with Crippen LogP contribution in [-0.2, 0) is 15.6 Å². The van der Waals surface area contributed by atoms with Crippen molar-refractivity contribution in [1.82, 2.24) is 15.1 Å². The van der Waals surface area contributed by atoms with Crippen LogP contribution in [0, 0.1) is 12.3 Å². The Morgan fingerprint density at radius 1 is 1.03 bits per heavy atom. The number of hydrogen-bond acceptors (Lipinski definition) is 5. The van der Waals surface area contributed by atoms with Crippen molar-refractivity contribution in [1.29, 1.82) is 0 Å². The number of carbonyl (C=O) groups excluding carboxylic acids is 1. The lowest BCUT2D eigenvalue weighted by atomic mass is 9.63. The lowest BCUT2D eigenvalue weighted by molar-refractivity contribution is -0.125. The molecule has 1 fully saturated rings. The maximum Gasteiger partial charge on any atom is 0.238 e. The van der Waals surface area contributed by atoms with Crippen LogP contribution < -0.4 is 5.32 Å². The Hall–Kier alpha value is -2.18. The third kappa shape index (κ3) is 2.19. The molecule has 0 aliphatic heterocycles. The maximum absolute atomic E-state index is 13.7. The molecule has 0 spiro atoms. The summed E-state index contributed by atoms with van der Waals surface area (Å²) < 4.78 is 5.11. The molecule has 3 aromatic rings. The van der Waals surface area contributed by atoms with E-state index >= 15 is 0 Å². The Kier molecular flexibility index (Phi) is 3.70. The molecule has 1 aromatic carbocycles. The normalized spacial score (nSPS) is 26.7. The predicted octanol–water partition coefficient (Wildman–Crippen LogP) is 5.20. The third-order valence-corrected chi connectivity index (χ3v) is 8.06. The number of nitrogens with zero attached hydrogens (tertiary/aromatic N) is 3. The second-order valence-corrected chi connectivity index (χ2v) is 9.63. The van der Waals surface area contributed by atoms with E-state index < -0.39 is 10.8 Å². The SMILES string of the molecule is Cc1cc(NC(=O)[C@]23CC[C@@](C)(c4nc5cc(Cl)c(Cl)cc5nc42)C3(C)C)no1. The molecular formula is C21H20Cl2N4O2. The molecule has 2 aliphatic rings. The standard InChI is InChI=1S/C21H20Cl2N4O2/c1-10-7-15(27-29-10)26-18(28)21-6-5-20(4,19(21,2)3)16-17(21)25-14-9-12(23)11(22)8-13(14)24-16/h7-9H,5-6H2,1-4H3,(H,26,27,28)/t20-,21-/m0/s1. The molecule has 2 aromatic heterocycles. The van der Waals surface area contributed by atoms with Crippen LogP contribution in [0.2, 0.25) is 10.0 Å². The van der Waals surface area contributed by atoms with Gasteiger partial charge in [-0.05, 0) is 37.3 Å². The summed E-state index contributed by atoms with van der Waals surface area (Å²) in [5.41, 5.74) is 1.41. The number of aromatic nitrogens is 3.